The van der Waals surface area contributed by atoms with Gasteiger partial charge in [-0.3, -0.25) is 0 Å². The average molecular weight is 352 g/mol. The number of benzene rings is 2. The Balaban J connectivity index is 1.80. The summed E-state index contributed by atoms with van der Waals surface area (Å²) in [5.41, 5.74) is 4.86. The van der Waals surface area contributed by atoms with Crippen LogP contribution in [0.5, 0.6) is 0 Å². The third-order valence-electron chi connectivity index (χ3n) is 4.90. The molecule has 0 saturated carbocycles. The van der Waals surface area contributed by atoms with E-state index in [4.69, 9.17) is 0 Å². The van der Waals surface area contributed by atoms with E-state index in [2.05, 4.69) is 61.0 Å². The van der Waals surface area contributed by atoms with Crippen molar-refractivity contribution in [2.75, 3.05) is 6.54 Å². The van der Waals surface area contributed by atoms with Crippen molar-refractivity contribution in [3.05, 3.63) is 59.3 Å². The van der Waals surface area contributed by atoms with Gasteiger partial charge in [0.05, 0.1) is 12.1 Å². The van der Waals surface area contributed by atoms with Crippen LogP contribution in [0.1, 0.15) is 16.8 Å². The number of aryl methyl sites for hydroxylation is 2. The molecule has 1 amide bonds. The maximum Gasteiger partial charge on any atom is 0.407 e. The zero-order chi connectivity index (χ0) is 17.6. The summed E-state index contributed by atoms with van der Waals surface area (Å²) in [5.74, 6) is 0. The fraction of sp³-hybridized carbons (Fsp3) is 0.250. The standard InChI is InChI=1S/C20H20N2O2S/c1-13-6-8-14(9-7-13)25-18-5-3-4-15-16-12-22(20(23)24)11-10-17(16)21(2)19(15)18/h3-9H,10-12H2,1-2H3,(H,23,24). The predicted octanol–water partition coefficient (Wildman–Crippen LogP) is 4.67. The van der Waals surface area contributed by atoms with Crippen LogP contribution in [0.4, 0.5) is 4.79 Å². The molecule has 128 valence electrons. The summed E-state index contributed by atoms with van der Waals surface area (Å²) < 4.78 is 2.25. The monoisotopic (exact) mass is 352 g/mol. The smallest absolute Gasteiger partial charge is 0.407 e. The average Bonchev–Trinajstić information content (AvgIpc) is 2.90. The molecule has 25 heavy (non-hydrogen) atoms. The van der Waals surface area contributed by atoms with Gasteiger partial charge in [-0.05, 0) is 25.1 Å². The summed E-state index contributed by atoms with van der Waals surface area (Å²) in [4.78, 5) is 15.3. The molecule has 0 bridgehead atoms. The first-order chi connectivity index (χ1) is 12.0. The lowest BCUT2D eigenvalue weighted by molar-refractivity contribution is 0.139. The molecule has 4 rings (SSSR count). The van der Waals surface area contributed by atoms with Crippen LogP contribution in [0, 0.1) is 6.92 Å². The van der Waals surface area contributed by atoms with E-state index in [0.717, 1.165) is 12.0 Å². The lowest BCUT2D eigenvalue weighted by atomic mass is 10.0. The van der Waals surface area contributed by atoms with E-state index in [1.165, 1.54) is 36.9 Å². The van der Waals surface area contributed by atoms with Crippen molar-refractivity contribution in [3.8, 4) is 0 Å². The van der Waals surface area contributed by atoms with Crippen molar-refractivity contribution in [1.29, 1.82) is 0 Å². The van der Waals surface area contributed by atoms with Crippen LogP contribution in [0.15, 0.2) is 52.3 Å². The topological polar surface area (TPSA) is 45.5 Å². The Kier molecular flexibility index (Phi) is 3.96. The molecule has 5 heteroatoms. The highest BCUT2D eigenvalue weighted by molar-refractivity contribution is 7.99. The second kappa shape index (κ2) is 6.15. The number of carboxylic acid groups (broad SMARTS) is 1. The minimum atomic E-state index is -0.840. The van der Waals surface area contributed by atoms with Gasteiger partial charge in [-0.15, -0.1) is 0 Å². The van der Waals surface area contributed by atoms with Crippen molar-refractivity contribution in [1.82, 2.24) is 9.47 Å². The maximum atomic E-state index is 11.4. The Morgan fingerprint density at radius 2 is 1.92 bits per heavy atom. The van der Waals surface area contributed by atoms with Gasteiger partial charge in [-0.25, -0.2) is 4.79 Å². The number of para-hydroxylation sites is 1. The van der Waals surface area contributed by atoms with Crippen molar-refractivity contribution >= 4 is 28.8 Å². The molecule has 2 heterocycles. The van der Waals surface area contributed by atoms with Crippen molar-refractivity contribution in [2.45, 2.75) is 29.7 Å². The Bertz CT molecular complexity index is 960. The molecule has 0 atom stereocenters. The summed E-state index contributed by atoms with van der Waals surface area (Å²) in [6, 6.07) is 14.9. The van der Waals surface area contributed by atoms with Gasteiger partial charge in [0.1, 0.15) is 0 Å². The maximum absolute atomic E-state index is 11.4. The summed E-state index contributed by atoms with van der Waals surface area (Å²) in [5, 5.41) is 10.5. The van der Waals surface area contributed by atoms with Crippen molar-refractivity contribution < 1.29 is 9.90 Å². The van der Waals surface area contributed by atoms with Gasteiger partial charge in [0.15, 0.2) is 0 Å². The van der Waals surface area contributed by atoms with Crippen LogP contribution in [0.2, 0.25) is 0 Å². The molecule has 0 unspecified atom stereocenters. The predicted molar refractivity (Wildman–Crippen MR) is 100 cm³/mol. The largest absolute Gasteiger partial charge is 0.465 e. The third kappa shape index (κ3) is 2.78. The van der Waals surface area contributed by atoms with E-state index in [-0.39, 0.29) is 0 Å². The minimum Gasteiger partial charge on any atom is -0.465 e. The second-order valence-corrected chi connectivity index (χ2v) is 7.62. The van der Waals surface area contributed by atoms with E-state index in [1.54, 1.807) is 11.8 Å². The summed E-state index contributed by atoms with van der Waals surface area (Å²) in [7, 11) is 2.09. The van der Waals surface area contributed by atoms with Gasteiger partial charge >= 0.3 is 6.09 Å². The minimum absolute atomic E-state index is 0.473. The van der Waals surface area contributed by atoms with E-state index in [0.29, 0.717) is 13.1 Å². The molecular weight excluding hydrogens is 332 g/mol. The SMILES string of the molecule is Cc1ccc(Sc2cccc3c4c(n(C)c23)CCN(C(=O)O)C4)cc1. The lowest BCUT2D eigenvalue weighted by Crippen LogP contribution is -2.34. The quantitative estimate of drug-likeness (QED) is 0.729. The van der Waals surface area contributed by atoms with Crippen LogP contribution in [0.25, 0.3) is 10.9 Å². The Labute approximate surface area is 151 Å². The number of nitrogens with zero attached hydrogens (tertiary/aromatic N) is 2. The highest BCUT2D eigenvalue weighted by Gasteiger charge is 2.26. The Morgan fingerprint density at radius 3 is 2.64 bits per heavy atom. The molecule has 0 spiro atoms. The number of hydrogen-bond acceptors (Lipinski definition) is 2. The Morgan fingerprint density at radius 1 is 1.16 bits per heavy atom. The first-order valence-corrected chi connectivity index (χ1v) is 9.18. The van der Waals surface area contributed by atoms with Crippen LogP contribution in [-0.2, 0) is 20.0 Å². The van der Waals surface area contributed by atoms with Crippen molar-refractivity contribution in [2.24, 2.45) is 7.05 Å². The summed E-state index contributed by atoms with van der Waals surface area (Å²) in [6.07, 6.45) is -0.0746. The molecule has 3 aromatic rings. The van der Waals surface area contributed by atoms with Gasteiger partial charge in [-0.2, -0.15) is 0 Å². The lowest BCUT2D eigenvalue weighted by Gasteiger charge is -2.25. The fourth-order valence-electron chi connectivity index (χ4n) is 3.59. The molecular formula is C20H20N2O2S. The van der Waals surface area contributed by atoms with Crippen LogP contribution in [-0.4, -0.2) is 27.2 Å². The normalized spacial score (nSPS) is 13.9. The van der Waals surface area contributed by atoms with E-state index in [9.17, 15) is 9.90 Å². The number of carbonyl (C=O) groups is 1. The number of fused-ring (bicyclic) bond motifs is 3. The molecule has 1 aliphatic rings. The molecule has 1 N–H and O–H groups in total. The zero-order valence-electron chi connectivity index (χ0n) is 14.3. The van der Waals surface area contributed by atoms with Gasteiger partial charge in [0.2, 0.25) is 0 Å². The van der Waals surface area contributed by atoms with Gasteiger partial charge in [-0.1, -0.05) is 41.6 Å². The highest BCUT2D eigenvalue weighted by Crippen LogP contribution is 2.38. The van der Waals surface area contributed by atoms with Gasteiger partial charge in [0, 0.05) is 46.4 Å². The molecule has 0 saturated heterocycles. The zero-order valence-corrected chi connectivity index (χ0v) is 15.1. The van der Waals surface area contributed by atoms with E-state index in [1.807, 2.05) is 0 Å². The van der Waals surface area contributed by atoms with Crippen molar-refractivity contribution in [3.63, 3.8) is 0 Å². The molecule has 1 aromatic heterocycles. The first-order valence-electron chi connectivity index (χ1n) is 8.36. The van der Waals surface area contributed by atoms with Gasteiger partial charge in [0.25, 0.3) is 0 Å². The molecule has 4 nitrogen and oxygen atoms in total. The molecule has 0 radical (unpaired) electrons. The van der Waals surface area contributed by atoms with Crippen LogP contribution in [0.3, 0.4) is 0 Å². The molecule has 2 aromatic carbocycles. The first kappa shape index (κ1) is 16.1. The summed E-state index contributed by atoms with van der Waals surface area (Å²) in [6.45, 7) is 3.13. The van der Waals surface area contributed by atoms with E-state index < -0.39 is 6.09 Å². The van der Waals surface area contributed by atoms with Crippen LogP contribution < -0.4 is 0 Å². The van der Waals surface area contributed by atoms with Crippen LogP contribution >= 0.6 is 11.8 Å². The number of hydrogen-bond donors (Lipinski definition) is 1. The third-order valence-corrected chi connectivity index (χ3v) is 5.96. The Hall–Kier alpha value is -2.40. The molecule has 0 aliphatic carbocycles. The number of rotatable bonds is 2. The second-order valence-electron chi connectivity index (χ2n) is 6.51. The van der Waals surface area contributed by atoms with Gasteiger partial charge < -0.3 is 14.6 Å². The number of amides is 1. The summed E-state index contributed by atoms with van der Waals surface area (Å²) >= 11 is 1.76. The molecule has 0 fully saturated rings. The number of aromatic nitrogens is 1. The molecule has 1 aliphatic heterocycles. The van der Waals surface area contributed by atoms with E-state index >= 15 is 0 Å². The fourth-order valence-corrected chi connectivity index (χ4v) is 4.61. The highest BCUT2D eigenvalue weighted by atomic mass is 32.2.